The summed E-state index contributed by atoms with van der Waals surface area (Å²) in [5, 5.41) is 9.23. The van der Waals surface area contributed by atoms with E-state index in [-0.39, 0.29) is 17.3 Å². The van der Waals surface area contributed by atoms with Crippen molar-refractivity contribution in [2.45, 2.75) is 31.0 Å². The van der Waals surface area contributed by atoms with Crippen molar-refractivity contribution in [3.63, 3.8) is 0 Å². The van der Waals surface area contributed by atoms with Crippen molar-refractivity contribution in [3.05, 3.63) is 23.8 Å². The molecule has 1 spiro atoms. The average Bonchev–Trinajstić information content (AvgIpc) is 2.86. The number of ether oxygens (including phenoxy) is 3. The lowest BCUT2D eigenvalue weighted by molar-refractivity contribution is -0.112. The van der Waals surface area contributed by atoms with Gasteiger partial charge in [0.25, 0.3) is 0 Å². The Kier molecular flexibility index (Phi) is 3.73. The first-order chi connectivity index (χ1) is 10.1. The highest BCUT2D eigenvalue weighted by atomic mass is 16.6. The predicted molar refractivity (Wildman–Crippen MR) is 75.6 cm³/mol. The van der Waals surface area contributed by atoms with Crippen molar-refractivity contribution < 1.29 is 24.1 Å². The maximum atomic E-state index is 11.3. The topological polar surface area (TPSA) is 91.0 Å². The standard InChI is InChI=1S/C15H19NO5/c16-10-1-2-12(14(17)18)13(7-10)21-11-3-5-20-15(8-11)4-6-19-9-15/h1-2,7,11H,3-6,8-9,16H2,(H,17,18). The minimum atomic E-state index is -1.02. The average molecular weight is 293 g/mol. The Balaban J connectivity index is 1.77. The van der Waals surface area contributed by atoms with Gasteiger partial charge in [0.05, 0.1) is 18.8 Å². The van der Waals surface area contributed by atoms with Crippen LogP contribution in [0.15, 0.2) is 18.2 Å². The molecule has 1 aromatic carbocycles. The van der Waals surface area contributed by atoms with E-state index in [0.29, 0.717) is 37.7 Å². The van der Waals surface area contributed by atoms with E-state index in [1.54, 1.807) is 12.1 Å². The Morgan fingerprint density at radius 1 is 1.43 bits per heavy atom. The first-order valence-corrected chi connectivity index (χ1v) is 7.09. The number of hydrogen-bond donors (Lipinski definition) is 2. The van der Waals surface area contributed by atoms with E-state index in [9.17, 15) is 9.90 Å². The second kappa shape index (κ2) is 5.54. The molecule has 0 aromatic heterocycles. The number of carboxylic acid groups (broad SMARTS) is 1. The normalized spacial score (nSPS) is 28.7. The van der Waals surface area contributed by atoms with Gasteiger partial charge in [-0.15, -0.1) is 0 Å². The van der Waals surface area contributed by atoms with Gasteiger partial charge in [-0.25, -0.2) is 4.79 Å². The number of nitrogens with two attached hydrogens (primary N) is 1. The molecule has 2 saturated heterocycles. The summed E-state index contributed by atoms with van der Waals surface area (Å²) >= 11 is 0. The van der Waals surface area contributed by atoms with Crippen molar-refractivity contribution in [1.29, 1.82) is 0 Å². The Morgan fingerprint density at radius 2 is 2.29 bits per heavy atom. The molecule has 6 heteroatoms. The lowest BCUT2D eigenvalue weighted by Gasteiger charge is -2.37. The number of nitrogen functional groups attached to an aromatic ring is 1. The molecule has 1 aromatic rings. The summed E-state index contributed by atoms with van der Waals surface area (Å²) in [6.45, 7) is 1.87. The van der Waals surface area contributed by atoms with Crippen molar-refractivity contribution in [2.24, 2.45) is 0 Å². The number of hydrogen-bond acceptors (Lipinski definition) is 5. The first kappa shape index (κ1) is 14.2. The van der Waals surface area contributed by atoms with Gasteiger partial charge in [0.15, 0.2) is 0 Å². The van der Waals surface area contributed by atoms with Gasteiger partial charge in [0, 0.05) is 37.6 Å². The molecule has 3 rings (SSSR count). The molecular formula is C15H19NO5. The van der Waals surface area contributed by atoms with Crippen LogP contribution in [-0.2, 0) is 9.47 Å². The van der Waals surface area contributed by atoms with Crippen LogP contribution < -0.4 is 10.5 Å². The number of carboxylic acids is 1. The number of rotatable bonds is 3. The Hall–Kier alpha value is -1.79. The third kappa shape index (κ3) is 2.96. The third-order valence-electron chi connectivity index (χ3n) is 4.04. The van der Waals surface area contributed by atoms with Gasteiger partial charge in [-0.2, -0.15) is 0 Å². The molecule has 6 nitrogen and oxygen atoms in total. The van der Waals surface area contributed by atoms with Crippen LogP contribution in [0.25, 0.3) is 0 Å². The van der Waals surface area contributed by atoms with Gasteiger partial charge in [-0.3, -0.25) is 0 Å². The number of carbonyl (C=O) groups is 1. The quantitative estimate of drug-likeness (QED) is 0.824. The van der Waals surface area contributed by atoms with E-state index in [2.05, 4.69) is 0 Å². The Labute approximate surface area is 122 Å². The Morgan fingerprint density at radius 3 is 3.00 bits per heavy atom. The highest BCUT2D eigenvalue weighted by molar-refractivity contribution is 5.91. The summed E-state index contributed by atoms with van der Waals surface area (Å²) in [5.74, 6) is -0.695. The van der Waals surface area contributed by atoms with Gasteiger partial charge in [-0.1, -0.05) is 0 Å². The van der Waals surface area contributed by atoms with Crippen LogP contribution in [0.3, 0.4) is 0 Å². The maximum absolute atomic E-state index is 11.3. The molecular weight excluding hydrogens is 274 g/mol. The highest BCUT2D eigenvalue weighted by Gasteiger charge is 2.42. The van der Waals surface area contributed by atoms with E-state index in [1.807, 2.05) is 0 Å². The van der Waals surface area contributed by atoms with E-state index >= 15 is 0 Å². The molecule has 3 N–H and O–H groups in total. The summed E-state index contributed by atoms with van der Waals surface area (Å²) in [6, 6.07) is 4.60. The fourth-order valence-corrected chi connectivity index (χ4v) is 2.94. The molecule has 0 saturated carbocycles. The second-order valence-electron chi connectivity index (χ2n) is 5.63. The third-order valence-corrected chi connectivity index (χ3v) is 4.04. The highest BCUT2D eigenvalue weighted by Crippen LogP contribution is 2.35. The maximum Gasteiger partial charge on any atom is 0.339 e. The minimum absolute atomic E-state index is 0.0830. The molecule has 2 heterocycles. The van der Waals surface area contributed by atoms with Crippen molar-refractivity contribution in [1.82, 2.24) is 0 Å². The SMILES string of the molecule is Nc1ccc(C(=O)O)c(OC2CCOC3(CCOC3)C2)c1. The first-order valence-electron chi connectivity index (χ1n) is 7.09. The molecule has 21 heavy (non-hydrogen) atoms. The van der Waals surface area contributed by atoms with Crippen LogP contribution in [0.2, 0.25) is 0 Å². The summed E-state index contributed by atoms with van der Waals surface area (Å²) < 4.78 is 17.2. The van der Waals surface area contributed by atoms with Crippen molar-refractivity contribution in [3.8, 4) is 5.75 Å². The molecule has 2 unspecified atom stereocenters. The zero-order valence-corrected chi connectivity index (χ0v) is 11.7. The molecule has 0 aliphatic carbocycles. The van der Waals surface area contributed by atoms with Crippen LogP contribution in [0.4, 0.5) is 5.69 Å². The molecule has 2 atom stereocenters. The van der Waals surface area contributed by atoms with E-state index in [0.717, 1.165) is 12.8 Å². The Bertz CT molecular complexity index is 539. The van der Waals surface area contributed by atoms with Crippen LogP contribution in [0, 0.1) is 0 Å². The molecule has 2 fully saturated rings. The second-order valence-corrected chi connectivity index (χ2v) is 5.63. The molecule has 2 aliphatic heterocycles. The molecule has 0 bridgehead atoms. The van der Waals surface area contributed by atoms with Crippen LogP contribution in [0.5, 0.6) is 5.75 Å². The molecule has 0 radical (unpaired) electrons. The van der Waals surface area contributed by atoms with Gasteiger partial charge in [-0.05, 0) is 12.1 Å². The van der Waals surface area contributed by atoms with Gasteiger partial charge in [0.1, 0.15) is 17.4 Å². The van der Waals surface area contributed by atoms with E-state index in [4.69, 9.17) is 19.9 Å². The van der Waals surface area contributed by atoms with Crippen molar-refractivity contribution >= 4 is 11.7 Å². The van der Waals surface area contributed by atoms with Crippen LogP contribution >= 0.6 is 0 Å². The predicted octanol–water partition coefficient (Wildman–Crippen LogP) is 1.68. The minimum Gasteiger partial charge on any atom is -0.489 e. The summed E-state index contributed by atoms with van der Waals surface area (Å²) in [4.78, 5) is 11.3. The smallest absolute Gasteiger partial charge is 0.339 e. The summed E-state index contributed by atoms with van der Waals surface area (Å²) in [6.07, 6.45) is 2.21. The zero-order valence-electron chi connectivity index (χ0n) is 11.7. The molecule has 2 aliphatic rings. The van der Waals surface area contributed by atoms with E-state index in [1.165, 1.54) is 6.07 Å². The van der Waals surface area contributed by atoms with Gasteiger partial charge < -0.3 is 25.1 Å². The summed E-state index contributed by atoms with van der Waals surface area (Å²) in [7, 11) is 0. The van der Waals surface area contributed by atoms with Crippen LogP contribution in [-0.4, -0.2) is 42.6 Å². The summed E-state index contributed by atoms with van der Waals surface area (Å²) in [5.41, 5.74) is 6.08. The zero-order chi connectivity index (χ0) is 14.9. The number of anilines is 1. The fourth-order valence-electron chi connectivity index (χ4n) is 2.94. The number of benzene rings is 1. The largest absolute Gasteiger partial charge is 0.489 e. The fraction of sp³-hybridized carbons (Fsp3) is 0.533. The lowest BCUT2D eigenvalue weighted by atomic mass is 9.91. The van der Waals surface area contributed by atoms with Crippen molar-refractivity contribution in [2.75, 3.05) is 25.6 Å². The molecule has 0 amide bonds. The lowest BCUT2D eigenvalue weighted by Crippen LogP contribution is -2.44. The monoisotopic (exact) mass is 293 g/mol. The van der Waals surface area contributed by atoms with Gasteiger partial charge >= 0.3 is 5.97 Å². The molecule has 114 valence electrons. The number of aromatic carboxylic acids is 1. The van der Waals surface area contributed by atoms with Gasteiger partial charge in [0.2, 0.25) is 0 Å². The van der Waals surface area contributed by atoms with Crippen LogP contribution in [0.1, 0.15) is 29.6 Å². The van der Waals surface area contributed by atoms with E-state index < -0.39 is 5.97 Å².